The Bertz CT molecular complexity index is 589. The lowest BCUT2D eigenvalue weighted by Gasteiger charge is -2.22. The van der Waals surface area contributed by atoms with Crippen LogP contribution in [0.5, 0.6) is 0 Å². The van der Waals surface area contributed by atoms with Gasteiger partial charge in [0, 0.05) is 25.0 Å². The van der Waals surface area contributed by atoms with Gasteiger partial charge in [0.05, 0.1) is 6.61 Å². The van der Waals surface area contributed by atoms with E-state index in [2.05, 4.69) is 5.32 Å². The van der Waals surface area contributed by atoms with Gasteiger partial charge in [0.1, 0.15) is 6.04 Å². The summed E-state index contributed by atoms with van der Waals surface area (Å²) in [5.74, 6) is -0.237. The van der Waals surface area contributed by atoms with Crippen molar-refractivity contribution in [3.05, 3.63) is 35.9 Å². The topological polar surface area (TPSA) is 72.5 Å². The maximum atomic E-state index is 12.8. The second kappa shape index (κ2) is 11.7. The van der Waals surface area contributed by atoms with E-state index in [4.69, 9.17) is 4.74 Å². The van der Waals surface area contributed by atoms with Crippen molar-refractivity contribution in [2.24, 2.45) is 11.8 Å². The summed E-state index contributed by atoms with van der Waals surface area (Å²) in [5.41, 5.74) is 0.948. The molecule has 0 aliphatic carbocycles. The predicted octanol–water partition coefficient (Wildman–Crippen LogP) is 3.22. The van der Waals surface area contributed by atoms with E-state index in [1.807, 2.05) is 44.2 Å². The second-order valence-electron chi connectivity index (χ2n) is 6.63. The van der Waals surface area contributed by atoms with Gasteiger partial charge < -0.3 is 10.1 Å². The molecule has 144 valence electrons. The predicted molar refractivity (Wildman–Crippen MR) is 105 cm³/mol. The van der Waals surface area contributed by atoms with E-state index in [1.165, 1.54) is 6.92 Å². The fourth-order valence-corrected chi connectivity index (χ4v) is 3.34. The number of amides is 1. The van der Waals surface area contributed by atoms with Gasteiger partial charge in [-0.2, -0.15) is 0 Å². The first-order chi connectivity index (χ1) is 12.3. The maximum Gasteiger partial charge on any atom is 0.328 e. The zero-order valence-corrected chi connectivity index (χ0v) is 16.8. The van der Waals surface area contributed by atoms with E-state index in [-0.39, 0.29) is 23.5 Å². The van der Waals surface area contributed by atoms with E-state index >= 15 is 0 Å². The molecule has 0 radical (unpaired) electrons. The van der Waals surface area contributed by atoms with Gasteiger partial charge in [-0.05, 0) is 24.8 Å². The highest BCUT2D eigenvalue weighted by Gasteiger charge is 2.27. The van der Waals surface area contributed by atoms with Gasteiger partial charge in [-0.25, -0.2) is 4.79 Å². The third kappa shape index (κ3) is 8.52. The number of esters is 1. The van der Waals surface area contributed by atoms with Crippen molar-refractivity contribution in [2.75, 3.05) is 12.4 Å². The highest BCUT2D eigenvalue weighted by Crippen LogP contribution is 2.19. The van der Waals surface area contributed by atoms with Crippen molar-refractivity contribution in [1.82, 2.24) is 5.32 Å². The number of ether oxygens (including phenoxy) is 1. The minimum atomic E-state index is -0.734. The number of rotatable bonds is 10. The van der Waals surface area contributed by atoms with Crippen LogP contribution >= 0.6 is 11.8 Å². The molecule has 26 heavy (non-hydrogen) atoms. The summed E-state index contributed by atoms with van der Waals surface area (Å²) < 4.78 is 5.12. The van der Waals surface area contributed by atoms with E-state index < -0.39 is 12.0 Å². The molecule has 0 bridgehead atoms. The molecule has 5 nitrogen and oxygen atoms in total. The SMILES string of the molecule is CCOC(=O)[C@H](Cc1ccccc1)NC(=O)C(CSC(C)=O)CC(C)C. The Morgan fingerprint density at radius 1 is 1.15 bits per heavy atom. The smallest absolute Gasteiger partial charge is 0.328 e. The minimum absolute atomic E-state index is 0.0159. The molecule has 0 aliphatic rings. The molecule has 1 amide bonds. The molecular weight excluding hydrogens is 350 g/mol. The highest BCUT2D eigenvalue weighted by molar-refractivity contribution is 8.13. The molecule has 1 rings (SSSR count). The van der Waals surface area contributed by atoms with Crippen LogP contribution in [0.4, 0.5) is 0 Å². The Morgan fingerprint density at radius 3 is 2.35 bits per heavy atom. The standard InChI is InChI=1S/C20H29NO4S/c1-5-25-20(24)18(12-16-9-7-6-8-10-16)21-19(23)17(11-14(2)3)13-26-15(4)22/h6-10,14,17-18H,5,11-13H2,1-4H3,(H,21,23)/t17?,18-/m0/s1. The molecule has 0 spiro atoms. The van der Waals surface area contributed by atoms with Gasteiger partial charge in [-0.3, -0.25) is 9.59 Å². The van der Waals surface area contributed by atoms with Crippen molar-refractivity contribution in [2.45, 2.75) is 46.6 Å². The molecule has 0 aromatic heterocycles. The molecule has 1 N–H and O–H groups in total. The Hall–Kier alpha value is -1.82. The molecule has 2 atom stereocenters. The fraction of sp³-hybridized carbons (Fsp3) is 0.550. The molecule has 1 unspecified atom stereocenters. The maximum absolute atomic E-state index is 12.8. The van der Waals surface area contributed by atoms with Crippen molar-refractivity contribution in [1.29, 1.82) is 0 Å². The van der Waals surface area contributed by atoms with Crippen molar-refractivity contribution >= 4 is 28.8 Å². The lowest BCUT2D eigenvalue weighted by molar-refractivity contribution is -0.147. The Balaban J connectivity index is 2.85. The van der Waals surface area contributed by atoms with Gasteiger partial charge in [0.25, 0.3) is 0 Å². The Kier molecular flexibility index (Phi) is 10.0. The molecular formula is C20H29NO4S. The zero-order chi connectivity index (χ0) is 19.5. The Morgan fingerprint density at radius 2 is 1.81 bits per heavy atom. The average Bonchev–Trinajstić information content (AvgIpc) is 2.58. The summed E-state index contributed by atoms with van der Waals surface area (Å²) in [7, 11) is 0. The highest BCUT2D eigenvalue weighted by atomic mass is 32.2. The normalized spacial score (nSPS) is 13.1. The van der Waals surface area contributed by atoms with Crippen molar-refractivity contribution in [3.8, 4) is 0 Å². The average molecular weight is 380 g/mol. The molecule has 0 aliphatic heterocycles. The summed E-state index contributed by atoms with van der Waals surface area (Å²) in [5, 5.41) is 2.83. The van der Waals surface area contributed by atoms with Crippen LogP contribution in [-0.4, -0.2) is 35.4 Å². The molecule has 0 heterocycles. The number of nitrogens with one attached hydrogen (secondary N) is 1. The van der Waals surface area contributed by atoms with Gasteiger partial charge in [-0.1, -0.05) is 55.9 Å². The monoisotopic (exact) mass is 379 g/mol. The second-order valence-corrected chi connectivity index (χ2v) is 7.83. The van der Waals surface area contributed by atoms with E-state index in [0.717, 1.165) is 17.3 Å². The summed E-state index contributed by atoms with van der Waals surface area (Å²) in [6.07, 6.45) is 1.03. The zero-order valence-electron chi connectivity index (χ0n) is 16.0. The van der Waals surface area contributed by atoms with Gasteiger partial charge in [0.2, 0.25) is 5.91 Å². The summed E-state index contributed by atoms with van der Waals surface area (Å²) in [6.45, 7) is 7.56. The lowest BCUT2D eigenvalue weighted by atomic mass is 9.97. The Labute approximate surface area is 160 Å². The number of benzene rings is 1. The molecule has 0 saturated carbocycles. The number of thioether (sulfide) groups is 1. The fourth-order valence-electron chi connectivity index (χ4n) is 2.61. The third-order valence-corrected chi connectivity index (χ3v) is 4.76. The number of carbonyl (C=O) groups is 3. The van der Waals surface area contributed by atoms with E-state index in [0.29, 0.717) is 24.5 Å². The van der Waals surface area contributed by atoms with Crippen LogP contribution in [0.25, 0.3) is 0 Å². The first kappa shape index (κ1) is 22.2. The van der Waals surface area contributed by atoms with Crippen molar-refractivity contribution < 1.29 is 19.1 Å². The molecule has 0 fully saturated rings. The van der Waals surface area contributed by atoms with Crippen LogP contribution < -0.4 is 5.32 Å². The number of carbonyl (C=O) groups excluding carboxylic acids is 3. The van der Waals surface area contributed by atoms with Crippen LogP contribution in [0.1, 0.15) is 39.7 Å². The minimum Gasteiger partial charge on any atom is -0.464 e. The first-order valence-electron chi connectivity index (χ1n) is 8.97. The van der Waals surface area contributed by atoms with E-state index in [1.54, 1.807) is 6.92 Å². The van der Waals surface area contributed by atoms with Gasteiger partial charge in [-0.15, -0.1) is 0 Å². The van der Waals surface area contributed by atoms with Crippen molar-refractivity contribution in [3.63, 3.8) is 0 Å². The molecule has 0 saturated heterocycles. The number of hydrogen-bond acceptors (Lipinski definition) is 5. The van der Waals surface area contributed by atoms with Crippen LogP contribution in [-0.2, 0) is 25.5 Å². The third-order valence-electron chi connectivity index (χ3n) is 3.78. The van der Waals surface area contributed by atoms with Gasteiger partial charge in [0.15, 0.2) is 5.12 Å². The molecule has 6 heteroatoms. The lowest BCUT2D eigenvalue weighted by Crippen LogP contribution is -2.46. The van der Waals surface area contributed by atoms with Crippen LogP contribution in [0.15, 0.2) is 30.3 Å². The van der Waals surface area contributed by atoms with E-state index in [9.17, 15) is 14.4 Å². The molecule has 1 aromatic rings. The van der Waals surface area contributed by atoms with Crippen LogP contribution in [0.2, 0.25) is 0 Å². The summed E-state index contributed by atoms with van der Waals surface area (Å²) in [4.78, 5) is 36.3. The summed E-state index contributed by atoms with van der Waals surface area (Å²) in [6, 6.07) is 8.78. The van der Waals surface area contributed by atoms with Crippen LogP contribution in [0.3, 0.4) is 0 Å². The number of hydrogen-bond donors (Lipinski definition) is 1. The van der Waals surface area contributed by atoms with Crippen LogP contribution in [0, 0.1) is 11.8 Å². The quantitative estimate of drug-likeness (QED) is 0.632. The molecule has 1 aromatic carbocycles. The summed E-state index contributed by atoms with van der Waals surface area (Å²) >= 11 is 1.14. The van der Waals surface area contributed by atoms with Gasteiger partial charge >= 0.3 is 5.97 Å². The largest absolute Gasteiger partial charge is 0.464 e. The first-order valence-corrected chi connectivity index (χ1v) is 9.96.